The number of benzene rings is 1. The lowest BCUT2D eigenvalue weighted by Gasteiger charge is -2.22. The van der Waals surface area contributed by atoms with Gasteiger partial charge in [0.05, 0.1) is 10.1 Å². The van der Waals surface area contributed by atoms with Crippen LogP contribution < -0.4 is 5.56 Å². The van der Waals surface area contributed by atoms with E-state index in [4.69, 9.17) is 5.11 Å². The van der Waals surface area contributed by atoms with E-state index in [0.717, 1.165) is 10.1 Å². The zero-order chi connectivity index (χ0) is 12.5. The Bertz CT molecular complexity index is 568. The third-order valence-corrected chi connectivity index (χ3v) is 3.98. The van der Waals surface area contributed by atoms with Crippen molar-refractivity contribution in [1.29, 1.82) is 0 Å². The molecule has 0 fully saturated rings. The van der Waals surface area contributed by atoms with E-state index in [1.54, 1.807) is 3.96 Å². The lowest BCUT2D eigenvalue weighted by molar-refractivity contribution is 0.195. The van der Waals surface area contributed by atoms with Crippen LogP contribution >= 0.6 is 11.5 Å². The Hall–Kier alpha value is -1.13. The molecule has 0 bridgehead atoms. The van der Waals surface area contributed by atoms with Crippen LogP contribution in [0.1, 0.15) is 20.3 Å². The highest BCUT2D eigenvalue weighted by atomic mass is 32.1. The van der Waals surface area contributed by atoms with E-state index in [0.29, 0.717) is 13.0 Å². The Morgan fingerprint density at radius 1 is 1.35 bits per heavy atom. The first kappa shape index (κ1) is 12.3. The van der Waals surface area contributed by atoms with Crippen LogP contribution in [0, 0.1) is 5.41 Å². The van der Waals surface area contributed by atoms with E-state index in [-0.39, 0.29) is 17.6 Å². The second-order valence-electron chi connectivity index (χ2n) is 5.07. The second-order valence-corrected chi connectivity index (χ2v) is 6.13. The van der Waals surface area contributed by atoms with E-state index in [2.05, 4.69) is 13.8 Å². The minimum Gasteiger partial charge on any atom is -0.396 e. The maximum atomic E-state index is 12.1. The minimum atomic E-state index is -0.0561. The van der Waals surface area contributed by atoms with Gasteiger partial charge in [0, 0.05) is 13.2 Å². The monoisotopic (exact) mass is 251 g/mol. The maximum absolute atomic E-state index is 12.1. The van der Waals surface area contributed by atoms with Crippen LogP contribution in [0.5, 0.6) is 0 Å². The molecule has 1 aromatic carbocycles. The van der Waals surface area contributed by atoms with E-state index in [1.165, 1.54) is 11.5 Å². The van der Waals surface area contributed by atoms with Gasteiger partial charge in [0.15, 0.2) is 0 Å². The van der Waals surface area contributed by atoms with Gasteiger partial charge >= 0.3 is 0 Å². The summed E-state index contributed by atoms with van der Waals surface area (Å²) in [4.78, 5) is 12.1. The first-order valence-corrected chi connectivity index (χ1v) is 6.50. The number of nitrogens with zero attached hydrogens (tertiary/aromatic N) is 1. The predicted molar refractivity (Wildman–Crippen MR) is 71.6 cm³/mol. The molecule has 2 aromatic rings. The molecule has 0 saturated carbocycles. The number of hydrogen-bond donors (Lipinski definition) is 1. The van der Waals surface area contributed by atoms with Crippen molar-refractivity contribution >= 4 is 21.6 Å². The van der Waals surface area contributed by atoms with Gasteiger partial charge in [0.25, 0.3) is 5.56 Å². The number of aromatic nitrogens is 1. The molecule has 17 heavy (non-hydrogen) atoms. The number of aliphatic hydroxyl groups excluding tert-OH is 1. The van der Waals surface area contributed by atoms with Gasteiger partial charge < -0.3 is 5.11 Å². The first-order chi connectivity index (χ1) is 8.03. The summed E-state index contributed by atoms with van der Waals surface area (Å²) < 4.78 is 2.82. The highest BCUT2D eigenvalue weighted by Gasteiger charge is 2.20. The van der Waals surface area contributed by atoms with Gasteiger partial charge in [0.1, 0.15) is 0 Å². The van der Waals surface area contributed by atoms with Crippen molar-refractivity contribution in [3.05, 3.63) is 34.6 Å². The highest BCUT2D eigenvalue weighted by molar-refractivity contribution is 7.13. The molecule has 0 amide bonds. The Morgan fingerprint density at radius 2 is 2.06 bits per heavy atom. The molecule has 92 valence electrons. The molecule has 0 spiro atoms. The van der Waals surface area contributed by atoms with Crippen LogP contribution in [0.2, 0.25) is 0 Å². The van der Waals surface area contributed by atoms with E-state index in [1.807, 2.05) is 24.3 Å². The average Bonchev–Trinajstić information content (AvgIpc) is 2.56. The second kappa shape index (κ2) is 4.63. The average molecular weight is 251 g/mol. The fraction of sp³-hybridized carbons (Fsp3) is 0.462. The molecule has 4 heteroatoms. The third-order valence-electron chi connectivity index (χ3n) is 2.91. The topological polar surface area (TPSA) is 42.2 Å². The van der Waals surface area contributed by atoms with Gasteiger partial charge in [-0.05, 0) is 24.0 Å². The van der Waals surface area contributed by atoms with Crippen molar-refractivity contribution in [2.75, 3.05) is 6.61 Å². The largest absolute Gasteiger partial charge is 0.396 e. The predicted octanol–water partition coefficient (Wildman–Crippen LogP) is 2.47. The molecular weight excluding hydrogens is 234 g/mol. The summed E-state index contributed by atoms with van der Waals surface area (Å²) in [5, 5.41) is 9.79. The van der Waals surface area contributed by atoms with Crippen LogP contribution in [0.4, 0.5) is 0 Å². The summed E-state index contributed by atoms with van der Waals surface area (Å²) in [5.74, 6) is 0. The molecular formula is C13H17NO2S. The Labute approximate surface area is 104 Å². The van der Waals surface area contributed by atoms with Crippen molar-refractivity contribution in [1.82, 2.24) is 3.96 Å². The molecule has 0 aliphatic heterocycles. The summed E-state index contributed by atoms with van der Waals surface area (Å²) in [6, 6.07) is 7.67. The maximum Gasteiger partial charge on any atom is 0.268 e. The van der Waals surface area contributed by atoms with Gasteiger partial charge in [-0.3, -0.25) is 8.75 Å². The lowest BCUT2D eigenvalue weighted by Crippen LogP contribution is -2.25. The van der Waals surface area contributed by atoms with E-state index >= 15 is 0 Å². The Kier molecular flexibility index (Phi) is 3.35. The molecule has 2 rings (SSSR count). The van der Waals surface area contributed by atoms with Crippen molar-refractivity contribution < 1.29 is 5.11 Å². The van der Waals surface area contributed by atoms with Gasteiger partial charge in [-0.1, -0.05) is 37.5 Å². The molecule has 3 nitrogen and oxygen atoms in total. The standard InChI is InChI=1S/C13H17NO2S/c1-13(2,7-8-15)9-14-12(16)10-5-3-4-6-11(10)17-14/h3-6,15H,7-9H2,1-2H3. The third kappa shape index (κ3) is 2.58. The Morgan fingerprint density at radius 3 is 2.71 bits per heavy atom. The molecule has 0 aliphatic rings. The first-order valence-electron chi connectivity index (χ1n) is 5.73. The molecule has 0 aliphatic carbocycles. The van der Waals surface area contributed by atoms with Crippen LogP contribution in [-0.2, 0) is 6.54 Å². The molecule has 1 N–H and O–H groups in total. The highest BCUT2D eigenvalue weighted by Crippen LogP contribution is 2.25. The summed E-state index contributed by atoms with van der Waals surface area (Å²) in [5.41, 5.74) is 0.0241. The lowest BCUT2D eigenvalue weighted by atomic mass is 9.90. The minimum absolute atomic E-state index is 0.0561. The summed E-state index contributed by atoms with van der Waals surface area (Å²) in [6.07, 6.45) is 0.702. The van der Waals surface area contributed by atoms with E-state index < -0.39 is 0 Å². The van der Waals surface area contributed by atoms with Crippen molar-refractivity contribution in [3.63, 3.8) is 0 Å². The van der Waals surface area contributed by atoms with Gasteiger partial charge in [-0.15, -0.1) is 0 Å². The number of fused-ring (bicyclic) bond motifs is 1. The number of rotatable bonds is 4. The van der Waals surface area contributed by atoms with Crippen LogP contribution in [0.25, 0.3) is 10.1 Å². The van der Waals surface area contributed by atoms with Gasteiger partial charge in [0.2, 0.25) is 0 Å². The quantitative estimate of drug-likeness (QED) is 0.907. The van der Waals surface area contributed by atoms with Gasteiger partial charge in [-0.25, -0.2) is 0 Å². The van der Waals surface area contributed by atoms with Crippen LogP contribution in [0.15, 0.2) is 29.1 Å². The smallest absolute Gasteiger partial charge is 0.268 e. The van der Waals surface area contributed by atoms with Crippen molar-refractivity contribution in [3.8, 4) is 0 Å². The summed E-state index contributed by atoms with van der Waals surface area (Å²) in [6.45, 7) is 4.96. The van der Waals surface area contributed by atoms with Crippen molar-refractivity contribution in [2.24, 2.45) is 5.41 Å². The fourth-order valence-electron chi connectivity index (χ4n) is 1.89. The van der Waals surface area contributed by atoms with E-state index in [9.17, 15) is 4.79 Å². The molecule has 0 unspecified atom stereocenters. The molecule has 1 heterocycles. The fourth-order valence-corrected chi connectivity index (χ4v) is 3.12. The molecule has 0 saturated heterocycles. The van der Waals surface area contributed by atoms with Gasteiger partial charge in [-0.2, -0.15) is 0 Å². The SMILES string of the molecule is CC(C)(CCO)Cn1sc2ccccc2c1=O. The normalized spacial score (nSPS) is 12.2. The zero-order valence-electron chi connectivity index (χ0n) is 10.1. The van der Waals surface area contributed by atoms with Crippen LogP contribution in [-0.4, -0.2) is 15.7 Å². The number of hydrogen-bond acceptors (Lipinski definition) is 3. The summed E-state index contributed by atoms with van der Waals surface area (Å²) >= 11 is 1.50. The molecule has 0 radical (unpaired) electrons. The Balaban J connectivity index is 2.37. The molecule has 1 aromatic heterocycles. The molecule has 0 atom stereocenters. The number of aliphatic hydroxyl groups is 1. The van der Waals surface area contributed by atoms with Crippen molar-refractivity contribution in [2.45, 2.75) is 26.8 Å². The summed E-state index contributed by atoms with van der Waals surface area (Å²) in [7, 11) is 0. The zero-order valence-corrected chi connectivity index (χ0v) is 11.0. The van der Waals surface area contributed by atoms with Crippen LogP contribution in [0.3, 0.4) is 0 Å².